The molecule has 3 rings (SSSR count). The summed E-state index contributed by atoms with van der Waals surface area (Å²) in [5.74, 6) is 2.08. The van der Waals surface area contributed by atoms with Crippen LogP contribution in [0.25, 0.3) is 0 Å². The topological polar surface area (TPSA) is 0 Å². The van der Waals surface area contributed by atoms with Gasteiger partial charge >= 0.3 is 191 Å². The molecular formula is C24H37Cl2HfSi. The van der Waals surface area contributed by atoms with Crippen molar-refractivity contribution >= 4 is 30.7 Å². The molecule has 4 heteroatoms. The molecule has 0 N–H and O–H groups in total. The van der Waals surface area contributed by atoms with Gasteiger partial charge in [-0.25, -0.2) is 0 Å². The molecule has 0 spiro atoms. The van der Waals surface area contributed by atoms with E-state index in [2.05, 4.69) is 65.9 Å². The third-order valence-corrected chi connectivity index (χ3v) is 20.6. The van der Waals surface area contributed by atoms with Crippen molar-refractivity contribution < 1.29 is 19.1 Å². The Labute approximate surface area is 189 Å². The molecule has 4 unspecified atom stereocenters. The van der Waals surface area contributed by atoms with Gasteiger partial charge in [-0.05, 0) is 0 Å². The van der Waals surface area contributed by atoms with Gasteiger partial charge in [0, 0.05) is 0 Å². The molecule has 0 nitrogen and oxygen atoms in total. The van der Waals surface area contributed by atoms with Gasteiger partial charge in [0.25, 0.3) is 0 Å². The zero-order valence-electron chi connectivity index (χ0n) is 18.8. The van der Waals surface area contributed by atoms with Crippen molar-refractivity contribution in [3.05, 3.63) is 34.9 Å². The summed E-state index contributed by atoms with van der Waals surface area (Å²) < 4.78 is -0.0250. The second kappa shape index (κ2) is 8.71. The van der Waals surface area contributed by atoms with E-state index in [4.69, 9.17) is 17.2 Å². The molecule has 0 aromatic rings. The first-order valence-corrected chi connectivity index (χ1v) is 24.3. The number of allylic oxidation sites excluding steroid dienone is 6. The quantitative estimate of drug-likeness (QED) is 0.284. The van der Waals surface area contributed by atoms with Crippen molar-refractivity contribution in [2.75, 3.05) is 0 Å². The molecule has 28 heavy (non-hydrogen) atoms. The predicted molar refractivity (Wildman–Crippen MR) is 125 cm³/mol. The van der Waals surface area contributed by atoms with Crippen LogP contribution < -0.4 is 0 Å². The van der Waals surface area contributed by atoms with Crippen molar-refractivity contribution in [1.29, 1.82) is 0 Å². The zero-order chi connectivity index (χ0) is 20.9. The summed E-state index contributed by atoms with van der Waals surface area (Å²) in [6, 6.07) is 0. The van der Waals surface area contributed by atoms with Crippen LogP contribution in [-0.2, 0) is 19.1 Å². The Morgan fingerprint density at radius 2 is 1.96 bits per heavy atom. The first-order chi connectivity index (χ1) is 13.1. The van der Waals surface area contributed by atoms with Crippen LogP contribution in [0, 0.1) is 23.2 Å². The summed E-state index contributed by atoms with van der Waals surface area (Å²) in [4.78, 5) is 0. The standard InChI is InChI=1S/C24H37Si.2ClH.Hf/c1-8-24(5)22(18-13-9-10-14-18)19-15-11-12-17(4)20(16(2)3)21(19)23(24)25(6)7;;;/h9-10,13,16-17,20H,8,11-12,14-15H2,1-7H3;2*1H;/q;;;+2/p-2. The monoisotopic (exact) mass is 603 g/mol. The van der Waals surface area contributed by atoms with Crippen molar-refractivity contribution in [1.82, 2.24) is 0 Å². The van der Waals surface area contributed by atoms with Crippen LogP contribution >= 0.6 is 17.2 Å². The van der Waals surface area contributed by atoms with Crippen molar-refractivity contribution in [2.24, 2.45) is 23.2 Å². The second-order valence-electron chi connectivity index (χ2n) is 9.93. The molecule has 3 aliphatic carbocycles. The van der Waals surface area contributed by atoms with Crippen LogP contribution in [0.5, 0.6) is 0 Å². The van der Waals surface area contributed by atoms with E-state index in [9.17, 15) is 0 Å². The van der Waals surface area contributed by atoms with Crippen molar-refractivity contribution in [3.63, 3.8) is 0 Å². The summed E-state index contributed by atoms with van der Waals surface area (Å²) in [5, 5.41) is 1.80. The molecule has 0 saturated carbocycles. The van der Waals surface area contributed by atoms with E-state index in [-0.39, 0.29) is 8.59 Å². The van der Waals surface area contributed by atoms with E-state index in [1.807, 2.05) is 0 Å². The summed E-state index contributed by atoms with van der Waals surface area (Å²) in [7, 11) is 13.9. The Balaban J connectivity index is 2.44. The summed E-state index contributed by atoms with van der Waals surface area (Å²) in [6.07, 6.45) is 13.0. The Kier molecular flexibility index (Phi) is 7.29. The van der Waals surface area contributed by atoms with E-state index < -0.39 is 27.5 Å². The van der Waals surface area contributed by atoms with Crippen LogP contribution in [0.2, 0.25) is 16.3 Å². The number of hydrogen-bond donors (Lipinski definition) is 0. The van der Waals surface area contributed by atoms with Gasteiger partial charge in [-0.3, -0.25) is 0 Å². The Morgan fingerprint density at radius 1 is 1.29 bits per heavy atom. The zero-order valence-corrected chi connectivity index (χ0v) is 24.9. The van der Waals surface area contributed by atoms with Gasteiger partial charge < -0.3 is 0 Å². The minimum atomic E-state index is -2.93. The molecule has 0 aromatic carbocycles. The fourth-order valence-electron chi connectivity index (χ4n) is 6.90. The van der Waals surface area contributed by atoms with E-state index >= 15 is 0 Å². The molecule has 4 atom stereocenters. The normalized spacial score (nSPS) is 35.4. The number of halogens is 2. The Morgan fingerprint density at radius 3 is 2.43 bits per heavy atom. The average Bonchev–Trinajstić information content (AvgIpc) is 3.15. The molecule has 0 bridgehead atoms. The van der Waals surface area contributed by atoms with Gasteiger partial charge in [0.2, 0.25) is 0 Å². The second-order valence-corrected chi connectivity index (χ2v) is 24.8. The van der Waals surface area contributed by atoms with Crippen LogP contribution in [-0.4, -0.2) is 13.6 Å². The van der Waals surface area contributed by atoms with Gasteiger partial charge in [-0.2, -0.15) is 0 Å². The number of rotatable bonds is 4. The minimum absolute atomic E-state index is 0.0250. The molecule has 155 valence electrons. The summed E-state index contributed by atoms with van der Waals surface area (Å²) in [5.41, 5.74) is 5.14. The first kappa shape index (κ1) is 23.4. The maximum absolute atomic E-state index is 7.26. The molecule has 0 aromatic heterocycles. The SMILES string of the molecule is CCC1(C)C(=[Si](C)C)C2=C(CCCC(C)C2C(C)C)[C]1(C1=CC=CC1)[Hf]([Cl])[Cl]. The van der Waals surface area contributed by atoms with Gasteiger partial charge in [-0.15, -0.1) is 0 Å². The number of hydrogen-bond acceptors (Lipinski definition) is 0. The molecule has 0 fully saturated rings. The third-order valence-electron chi connectivity index (χ3n) is 7.92. The van der Waals surface area contributed by atoms with Gasteiger partial charge in [-0.1, -0.05) is 0 Å². The fraction of sp³-hybridized carbons (Fsp3) is 0.708. The van der Waals surface area contributed by atoms with Crippen molar-refractivity contribution in [2.45, 2.75) is 83.0 Å². The van der Waals surface area contributed by atoms with E-state index in [0.717, 1.165) is 18.8 Å². The van der Waals surface area contributed by atoms with E-state index in [0.29, 0.717) is 11.8 Å². The Hall–Kier alpha value is 0.757. The van der Waals surface area contributed by atoms with Gasteiger partial charge in [0.05, 0.1) is 0 Å². The predicted octanol–water partition coefficient (Wildman–Crippen LogP) is 8.28. The Bertz CT molecular complexity index is 757. The first-order valence-electron chi connectivity index (χ1n) is 11.1. The molecule has 0 aliphatic heterocycles. The van der Waals surface area contributed by atoms with Crippen LogP contribution in [0.1, 0.15) is 66.7 Å². The molecule has 0 heterocycles. The third kappa shape index (κ3) is 3.26. The van der Waals surface area contributed by atoms with Gasteiger partial charge in [0.1, 0.15) is 0 Å². The average molecular weight is 603 g/mol. The van der Waals surface area contributed by atoms with E-state index in [1.165, 1.54) is 19.3 Å². The van der Waals surface area contributed by atoms with Crippen molar-refractivity contribution in [3.8, 4) is 0 Å². The summed E-state index contributed by atoms with van der Waals surface area (Å²) in [6.45, 7) is 17.3. The fourth-order valence-corrected chi connectivity index (χ4v) is 22.8. The van der Waals surface area contributed by atoms with Crippen LogP contribution in [0.3, 0.4) is 0 Å². The van der Waals surface area contributed by atoms with Crippen LogP contribution in [0.4, 0.5) is 0 Å². The molecule has 0 radical (unpaired) electrons. The molecular weight excluding hydrogens is 566 g/mol. The van der Waals surface area contributed by atoms with Crippen LogP contribution in [0.15, 0.2) is 34.9 Å². The molecule has 0 saturated heterocycles. The molecule has 0 amide bonds. The van der Waals surface area contributed by atoms with E-state index in [1.54, 1.807) is 21.9 Å². The molecule has 3 aliphatic rings. The maximum atomic E-state index is 7.26. The van der Waals surface area contributed by atoms with Gasteiger partial charge in [0.15, 0.2) is 0 Å². The summed E-state index contributed by atoms with van der Waals surface area (Å²) >= 11 is -2.93.